The first kappa shape index (κ1) is 14.7. The molecule has 108 valence electrons. The molecule has 21 heavy (non-hydrogen) atoms. The van der Waals surface area contributed by atoms with Crippen molar-refractivity contribution in [2.24, 2.45) is 0 Å². The van der Waals surface area contributed by atoms with Gasteiger partial charge < -0.3 is 4.74 Å². The highest BCUT2D eigenvalue weighted by atomic mass is 16.5. The van der Waals surface area contributed by atoms with Crippen LogP contribution < -0.4 is 0 Å². The fourth-order valence-corrected chi connectivity index (χ4v) is 1.96. The number of carbonyl (C=O) groups is 1. The van der Waals surface area contributed by atoms with Crippen molar-refractivity contribution in [1.29, 1.82) is 5.26 Å². The summed E-state index contributed by atoms with van der Waals surface area (Å²) in [5, 5.41) is 16.8. The number of esters is 1. The summed E-state index contributed by atoms with van der Waals surface area (Å²) in [4.78, 5) is 11.9. The molecule has 0 amide bonds. The Morgan fingerprint density at radius 3 is 2.86 bits per heavy atom. The smallest absolute Gasteiger partial charge is 0.338 e. The van der Waals surface area contributed by atoms with Crippen molar-refractivity contribution in [1.82, 2.24) is 15.0 Å². The predicted octanol–water partition coefficient (Wildman–Crippen LogP) is 2.27. The van der Waals surface area contributed by atoms with Crippen LogP contribution in [-0.2, 0) is 11.2 Å². The molecule has 0 N–H and O–H groups in total. The minimum Gasteiger partial charge on any atom is -0.459 e. The van der Waals surface area contributed by atoms with E-state index >= 15 is 0 Å². The van der Waals surface area contributed by atoms with E-state index in [1.54, 1.807) is 42.8 Å². The molecule has 0 fully saturated rings. The predicted molar refractivity (Wildman–Crippen MR) is 76.0 cm³/mol. The zero-order valence-electron chi connectivity index (χ0n) is 12.2. The summed E-state index contributed by atoms with van der Waals surface area (Å²) in [6.07, 6.45) is 0.445. The van der Waals surface area contributed by atoms with Crippen LogP contribution in [0.25, 0.3) is 5.69 Å². The van der Waals surface area contributed by atoms with Crippen LogP contribution in [-0.4, -0.2) is 27.1 Å². The minimum absolute atomic E-state index is 0.177. The Kier molecular flexibility index (Phi) is 4.33. The van der Waals surface area contributed by atoms with Crippen LogP contribution in [0.2, 0.25) is 0 Å². The van der Waals surface area contributed by atoms with Gasteiger partial charge in [-0.25, -0.2) is 9.48 Å². The van der Waals surface area contributed by atoms with Crippen molar-refractivity contribution in [3.8, 4) is 11.8 Å². The van der Waals surface area contributed by atoms with Crippen LogP contribution in [0.4, 0.5) is 0 Å². The van der Waals surface area contributed by atoms with E-state index < -0.39 is 0 Å². The van der Waals surface area contributed by atoms with Gasteiger partial charge >= 0.3 is 5.97 Å². The molecule has 0 aliphatic carbocycles. The van der Waals surface area contributed by atoms with E-state index in [1.807, 2.05) is 13.0 Å². The van der Waals surface area contributed by atoms with E-state index in [0.29, 0.717) is 29.1 Å². The molecule has 6 heteroatoms. The van der Waals surface area contributed by atoms with Crippen LogP contribution in [0.15, 0.2) is 24.3 Å². The average molecular weight is 284 g/mol. The minimum atomic E-state index is -0.384. The van der Waals surface area contributed by atoms with E-state index in [0.717, 1.165) is 0 Å². The second-order valence-electron chi connectivity index (χ2n) is 4.77. The fraction of sp³-hybridized carbons (Fsp3) is 0.333. The molecular formula is C15H16N4O2. The maximum atomic E-state index is 11.9. The molecular weight excluding hydrogens is 268 g/mol. The lowest BCUT2D eigenvalue weighted by Gasteiger charge is -2.09. The Balaban J connectivity index is 2.40. The average Bonchev–Trinajstić information content (AvgIpc) is 2.89. The number of rotatable bonds is 4. The maximum absolute atomic E-state index is 11.9. The van der Waals surface area contributed by atoms with Crippen molar-refractivity contribution in [2.75, 3.05) is 0 Å². The second-order valence-corrected chi connectivity index (χ2v) is 4.77. The Morgan fingerprint density at radius 2 is 2.24 bits per heavy atom. The highest BCUT2D eigenvalue weighted by molar-refractivity contribution is 5.90. The molecule has 1 aromatic carbocycles. The van der Waals surface area contributed by atoms with Gasteiger partial charge in [0.1, 0.15) is 6.07 Å². The molecule has 0 unspecified atom stereocenters. The van der Waals surface area contributed by atoms with Crippen LogP contribution in [0.5, 0.6) is 0 Å². The number of aromatic nitrogens is 3. The molecule has 0 saturated carbocycles. The van der Waals surface area contributed by atoms with E-state index in [2.05, 4.69) is 10.3 Å². The summed E-state index contributed by atoms with van der Waals surface area (Å²) >= 11 is 0. The second kappa shape index (κ2) is 6.18. The van der Waals surface area contributed by atoms with Crippen molar-refractivity contribution in [2.45, 2.75) is 33.3 Å². The van der Waals surface area contributed by atoms with Gasteiger partial charge in [0.2, 0.25) is 0 Å². The summed E-state index contributed by atoms with van der Waals surface area (Å²) in [6.45, 7) is 5.52. The molecule has 0 aliphatic rings. The SMILES string of the molecule is CCc1c(C#N)nnn1-c1cccc(C(=O)OC(C)C)c1. The van der Waals surface area contributed by atoms with Crippen molar-refractivity contribution < 1.29 is 9.53 Å². The fourth-order valence-electron chi connectivity index (χ4n) is 1.96. The van der Waals surface area contributed by atoms with Gasteiger partial charge in [0.05, 0.1) is 23.0 Å². The zero-order chi connectivity index (χ0) is 15.4. The standard InChI is InChI=1S/C15H16N4O2/c1-4-14-13(9-16)17-18-19(14)12-7-5-6-11(8-12)15(20)21-10(2)3/h5-8,10H,4H2,1-3H3. The monoisotopic (exact) mass is 284 g/mol. The Morgan fingerprint density at radius 1 is 1.48 bits per heavy atom. The highest BCUT2D eigenvalue weighted by Gasteiger charge is 2.14. The summed E-state index contributed by atoms with van der Waals surface area (Å²) in [6, 6.07) is 8.93. The van der Waals surface area contributed by atoms with Gasteiger partial charge in [-0.15, -0.1) is 5.10 Å². The lowest BCUT2D eigenvalue weighted by molar-refractivity contribution is 0.0378. The first-order valence-corrected chi connectivity index (χ1v) is 6.73. The van der Waals surface area contributed by atoms with E-state index in [1.165, 1.54) is 0 Å². The molecule has 0 aliphatic heterocycles. The van der Waals surface area contributed by atoms with E-state index in [4.69, 9.17) is 10.00 Å². The summed E-state index contributed by atoms with van der Waals surface area (Å²) < 4.78 is 6.75. The van der Waals surface area contributed by atoms with Crippen LogP contribution >= 0.6 is 0 Å². The summed E-state index contributed by atoms with van der Waals surface area (Å²) in [5.41, 5.74) is 2.14. The van der Waals surface area contributed by atoms with Crippen LogP contribution in [0.3, 0.4) is 0 Å². The van der Waals surface area contributed by atoms with Crippen LogP contribution in [0.1, 0.15) is 42.5 Å². The van der Waals surface area contributed by atoms with Gasteiger partial charge in [0, 0.05) is 0 Å². The Hall–Kier alpha value is -2.68. The number of benzene rings is 1. The molecule has 6 nitrogen and oxygen atoms in total. The molecule has 2 rings (SSSR count). The highest BCUT2D eigenvalue weighted by Crippen LogP contribution is 2.15. The number of hydrogen-bond donors (Lipinski definition) is 0. The third-order valence-corrected chi connectivity index (χ3v) is 2.87. The number of nitriles is 1. The van der Waals surface area contributed by atoms with Crippen molar-refractivity contribution >= 4 is 5.97 Å². The van der Waals surface area contributed by atoms with Crippen molar-refractivity contribution in [3.05, 3.63) is 41.2 Å². The van der Waals surface area contributed by atoms with Gasteiger partial charge in [-0.3, -0.25) is 0 Å². The van der Waals surface area contributed by atoms with Crippen LogP contribution in [0, 0.1) is 11.3 Å². The summed E-state index contributed by atoms with van der Waals surface area (Å²) in [7, 11) is 0. The molecule has 0 bridgehead atoms. The number of carbonyl (C=O) groups excluding carboxylic acids is 1. The Labute approximate surface area is 123 Å². The first-order valence-electron chi connectivity index (χ1n) is 6.73. The van der Waals surface area contributed by atoms with E-state index in [-0.39, 0.29) is 12.1 Å². The molecule has 0 saturated heterocycles. The lowest BCUT2D eigenvalue weighted by atomic mass is 10.2. The first-order chi connectivity index (χ1) is 10.1. The normalized spacial score (nSPS) is 10.4. The molecule has 1 aromatic heterocycles. The topological polar surface area (TPSA) is 80.8 Å². The largest absolute Gasteiger partial charge is 0.459 e. The Bertz CT molecular complexity index is 698. The van der Waals surface area contributed by atoms with Gasteiger partial charge in [0.25, 0.3) is 0 Å². The third-order valence-electron chi connectivity index (χ3n) is 2.87. The number of hydrogen-bond acceptors (Lipinski definition) is 5. The van der Waals surface area contributed by atoms with E-state index in [9.17, 15) is 4.79 Å². The molecule has 0 radical (unpaired) electrons. The van der Waals surface area contributed by atoms with Gasteiger partial charge in [0.15, 0.2) is 5.69 Å². The van der Waals surface area contributed by atoms with Gasteiger partial charge in [-0.2, -0.15) is 5.26 Å². The number of ether oxygens (including phenoxy) is 1. The number of nitrogens with zero attached hydrogens (tertiary/aromatic N) is 4. The quantitative estimate of drug-likeness (QED) is 0.804. The maximum Gasteiger partial charge on any atom is 0.338 e. The zero-order valence-corrected chi connectivity index (χ0v) is 12.2. The van der Waals surface area contributed by atoms with Gasteiger partial charge in [-0.1, -0.05) is 18.2 Å². The van der Waals surface area contributed by atoms with Crippen molar-refractivity contribution in [3.63, 3.8) is 0 Å². The molecule has 0 spiro atoms. The van der Waals surface area contributed by atoms with Gasteiger partial charge in [-0.05, 0) is 38.5 Å². The molecule has 1 heterocycles. The third kappa shape index (κ3) is 3.08. The summed E-state index contributed by atoms with van der Waals surface area (Å²) in [5.74, 6) is -0.384. The molecule has 0 atom stereocenters. The lowest BCUT2D eigenvalue weighted by Crippen LogP contribution is -2.12. The molecule has 2 aromatic rings.